The van der Waals surface area contributed by atoms with E-state index in [1.54, 1.807) is 0 Å². The highest BCUT2D eigenvalue weighted by Gasteiger charge is 2.70. The van der Waals surface area contributed by atoms with Crippen LogP contribution in [0.4, 0.5) is 0 Å². The van der Waals surface area contributed by atoms with Crippen molar-refractivity contribution in [1.29, 1.82) is 0 Å². The van der Waals surface area contributed by atoms with Gasteiger partial charge >= 0.3 is 0 Å². The summed E-state index contributed by atoms with van der Waals surface area (Å²) in [6.07, 6.45) is 8.68. The minimum atomic E-state index is -0.567. The molecule has 2 N–H and O–H groups in total. The molecule has 5 aliphatic carbocycles. The summed E-state index contributed by atoms with van der Waals surface area (Å²) in [5, 5.41) is 14.5. The van der Waals surface area contributed by atoms with E-state index >= 15 is 0 Å². The Morgan fingerprint density at radius 2 is 1.66 bits per heavy atom. The number of aliphatic hydroxyl groups is 1. The fourth-order valence-electron chi connectivity index (χ4n) is 11.8. The van der Waals surface area contributed by atoms with Crippen LogP contribution in [-0.4, -0.2) is 28.4 Å². The Balaban J connectivity index is 1.41. The third-order valence-electron chi connectivity index (χ3n) is 14.0. The van der Waals surface area contributed by atoms with Gasteiger partial charge < -0.3 is 10.4 Å². The Bertz CT molecular complexity index is 1310. The van der Waals surface area contributed by atoms with Crippen molar-refractivity contribution in [2.75, 3.05) is 0 Å². The van der Waals surface area contributed by atoms with Crippen molar-refractivity contribution in [3.05, 3.63) is 46.5 Å². The number of aliphatic hydroxyl groups excluding tert-OH is 1. The Hall–Kier alpha value is -1.94. The predicted octanol–water partition coefficient (Wildman–Crippen LogP) is 7.82. The first-order chi connectivity index (χ1) is 19.1. The van der Waals surface area contributed by atoms with Gasteiger partial charge in [-0.2, -0.15) is 0 Å². The molecule has 4 nitrogen and oxygen atoms in total. The molecule has 0 spiro atoms. The zero-order valence-corrected chi connectivity index (χ0v) is 26.8. The van der Waals surface area contributed by atoms with Crippen molar-refractivity contribution in [1.82, 2.24) is 5.32 Å². The molecule has 0 heterocycles. The van der Waals surface area contributed by atoms with Crippen molar-refractivity contribution >= 4 is 11.7 Å². The number of ketones is 1. The van der Waals surface area contributed by atoms with Crippen LogP contribution in [0, 0.1) is 52.3 Å². The van der Waals surface area contributed by atoms with E-state index in [4.69, 9.17) is 0 Å². The number of hydrogen-bond acceptors (Lipinski definition) is 3. The molecule has 4 fully saturated rings. The number of amides is 1. The molecule has 0 aliphatic heterocycles. The van der Waals surface area contributed by atoms with Gasteiger partial charge in [0.25, 0.3) is 5.91 Å². The van der Waals surface area contributed by atoms with Gasteiger partial charge in [0.1, 0.15) is 0 Å². The zero-order valence-electron chi connectivity index (χ0n) is 26.8. The fourth-order valence-corrected chi connectivity index (χ4v) is 11.8. The second-order valence-electron chi connectivity index (χ2n) is 16.5. The number of hydrogen-bond donors (Lipinski definition) is 2. The molecule has 0 radical (unpaired) electrons. The molecule has 5 aliphatic rings. The second-order valence-corrected chi connectivity index (χ2v) is 16.5. The van der Waals surface area contributed by atoms with Crippen LogP contribution in [0.5, 0.6) is 0 Å². The lowest BCUT2D eigenvalue weighted by molar-refractivity contribution is -0.226. The number of carbonyl (C=O) groups excluding carboxylic acids is 2. The molecule has 0 aromatic heterocycles. The number of carbonyl (C=O) groups is 2. The molecule has 6 rings (SSSR count). The molecule has 1 aromatic rings. The summed E-state index contributed by atoms with van der Waals surface area (Å²) in [5.41, 5.74) is 3.88. The fraction of sp³-hybridized carbons (Fsp3) is 0.730. The van der Waals surface area contributed by atoms with Crippen molar-refractivity contribution in [3.8, 4) is 0 Å². The Kier molecular flexibility index (Phi) is 6.60. The minimum Gasteiger partial charge on any atom is -0.393 e. The third-order valence-corrected chi connectivity index (χ3v) is 14.0. The lowest BCUT2D eigenvalue weighted by Crippen LogP contribution is -2.67. The summed E-state index contributed by atoms with van der Waals surface area (Å²) >= 11 is 0. The number of fused-ring (bicyclic) bond motifs is 7. The predicted molar refractivity (Wildman–Crippen MR) is 164 cm³/mol. The van der Waals surface area contributed by atoms with Crippen LogP contribution in [-0.2, 0) is 4.79 Å². The number of Topliss-reactive ketones (excluding diaryl/α,β-unsaturated/α-hetero) is 1. The molecule has 4 heteroatoms. The average Bonchev–Trinajstić information content (AvgIpc) is 3.19. The van der Waals surface area contributed by atoms with Crippen molar-refractivity contribution in [2.45, 2.75) is 125 Å². The van der Waals surface area contributed by atoms with Crippen LogP contribution in [0.25, 0.3) is 0 Å². The molecule has 1 aromatic carbocycles. The summed E-state index contributed by atoms with van der Waals surface area (Å²) in [6, 6.07) is 7.81. The lowest BCUT2D eigenvalue weighted by Gasteiger charge is -2.72. The summed E-state index contributed by atoms with van der Waals surface area (Å²) in [5.74, 6) is 1.79. The zero-order chi connectivity index (χ0) is 29.8. The Labute approximate surface area is 248 Å². The molecular formula is C37H53NO3. The van der Waals surface area contributed by atoms with E-state index in [1.807, 2.05) is 31.2 Å². The van der Waals surface area contributed by atoms with E-state index in [-0.39, 0.29) is 45.4 Å². The normalized spacial score (nSPS) is 43.2. The van der Waals surface area contributed by atoms with E-state index in [0.29, 0.717) is 29.7 Å². The monoisotopic (exact) mass is 559 g/mol. The SMILES string of the molecule is Cc1cccc(C(=O)N[C@@]23CC[C@]4(C)[C@H](CC[C@H]5C4(C)CC[C@H]4C(C)(C)C(O)CC[C@@]45C)C2=C(C(C)C)C(=O)C3)c1. The van der Waals surface area contributed by atoms with Gasteiger partial charge in [-0.1, -0.05) is 66.2 Å². The Morgan fingerprint density at radius 1 is 0.927 bits per heavy atom. The summed E-state index contributed by atoms with van der Waals surface area (Å²) in [4.78, 5) is 27.5. The Morgan fingerprint density at radius 3 is 2.34 bits per heavy atom. The number of allylic oxidation sites excluding steroid dienone is 1. The molecule has 224 valence electrons. The quantitative estimate of drug-likeness (QED) is 0.397. The van der Waals surface area contributed by atoms with Gasteiger partial charge in [-0.25, -0.2) is 0 Å². The third kappa shape index (κ3) is 3.87. The maximum Gasteiger partial charge on any atom is 0.251 e. The topological polar surface area (TPSA) is 66.4 Å². The second kappa shape index (κ2) is 9.28. The van der Waals surface area contributed by atoms with Gasteiger partial charge in [-0.3, -0.25) is 9.59 Å². The highest BCUT2D eigenvalue weighted by molar-refractivity contribution is 6.03. The van der Waals surface area contributed by atoms with Gasteiger partial charge in [0.05, 0.1) is 11.6 Å². The van der Waals surface area contributed by atoms with Crippen LogP contribution in [0.2, 0.25) is 0 Å². The first kappa shape index (κ1) is 29.1. The largest absolute Gasteiger partial charge is 0.393 e. The van der Waals surface area contributed by atoms with Gasteiger partial charge in [0, 0.05) is 12.0 Å². The molecule has 2 unspecified atom stereocenters. The molecule has 0 saturated heterocycles. The van der Waals surface area contributed by atoms with Crippen LogP contribution in [0.1, 0.15) is 122 Å². The highest BCUT2D eigenvalue weighted by Crippen LogP contribution is 2.75. The van der Waals surface area contributed by atoms with Gasteiger partial charge in [-0.05, 0) is 127 Å². The molecule has 0 bridgehead atoms. The summed E-state index contributed by atoms with van der Waals surface area (Å²) in [7, 11) is 0. The van der Waals surface area contributed by atoms with Gasteiger partial charge in [0.15, 0.2) is 5.78 Å². The van der Waals surface area contributed by atoms with Crippen molar-refractivity contribution in [2.24, 2.45) is 45.3 Å². The van der Waals surface area contributed by atoms with Crippen LogP contribution in [0.3, 0.4) is 0 Å². The van der Waals surface area contributed by atoms with Gasteiger partial charge in [0.2, 0.25) is 0 Å². The van der Waals surface area contributed by atoms with Crippen LogP contribution in [0.15, 0.2) is 35.4 Å². The van der Waals surface area contributed by atoms with E-state index in [9.17, 15) is 14.7 Å². The van der Waals surface area contributed by atoms with E-state index < -0.39 is 5.54 Å². The highest BCUT2D eigenvalue weighted by atomic mass is 16.3. The van der Waals surface area contributed by atoms with Crippen LogP contribution >= 0.6 is 0 Å². The van der Waals surface area contributed by atoms with Gasteiger partial charge in [-0.15, -0.1) is 0 Å². The standard InChI is InChI=1S/C37H53NO3/c1-22(2)30-26(39)21-37(38-32(41)24-11-9-10-23(3)20-24)19-18-35(7)25(31(30)37)12-13-28-34(6)16-15-29(40)33(4,5)27(34)14-17-36(28,35)8/h9-11,20,22,25,27-29,40H,12-19,21H2,1-8H3,(H,38,41)/t25-,27+,28-,29?,34+,35-,36?,37-/m1/s1. The molecule has 1 amide bonds. The minimum absolute atomic E-state index is 0.0523. The smallest absolute Gasteiger partial charge is 0.251 e. The van der Waals surface area contributed by atoms with Crippen LogP contribution < -0.4 is 5.32 Å². The number of nitrogens with one attached hydrogen (secondary N) is 1. The van der Waals surface area contributed by atoms with Crippen molar-refractivity contribution in [3.63, 3.8) is 0 Å². The molecule has 4 saturated carbocycles. The van der Waals surface area contributed by atoms with Crippen molar-refractivity contribution < 1.29 is 14.7 Å². The first-order valence-electron chi connectivity index (χ1n) is 16.5. The maximum absolute atomic E-state index is 13.8. The number of benzene rings is 1. The summed E-state index contributed by atoms with van der Waals surface area (Å²) < 4.78 is 0. The molecule has 41 heavy (non-hydrogen) atoms. The van der Waals surface area contributed by atoms with E-state index in [0.717, 1.165) is 43.2 Å². The lowest BCUT2D eigenvalue weighted by atomic mass is 9.33. The molecular weight excluding hydrogens is 506 g/mol. The maximum atomic E-state index is 13.8. The molecule has 8 atom stereocenters. The van der Waals surface area contributed by atoms with E-state index in [1.165, 1.54) is 24.8 Å². The average molecular weight is 560 g/mol. The number of rotatable bonds is 3. The van der Waals surface area contributed by atoms with E-state index in [2.05, 4.69) is 53.8 Å². The first-order valence-corrected chi connectivity index (χ1v) is 16.5. The summed E-state index contributed by atoms with van der Waals surface area (Å²) in [6.45, 7) is 18.7. The number of aryl methyl sites for hydroxylation is 1.